The minimum absolute atomic E-state index is 0.0217. The molecule has 1 amide bonds. The molecule has 1 atom stereocenters. The highest BCUT2D eigenvalue weighted by Crippen LogP contribution is 2.34. The van der Waals surface area contributed by atoms with E-state index in [1.807, 2.05) is 36.4 Å². The second-order valence-corrected chi connectivity index (χ2v) is 6.96. The van der Waals surface area contributed by atoms with Crippen LogP contribution in [0, 0.1) is 0 Å². The van der Waals surface area contributed by atoms with Crippen molar-refractivity contribution in [3.05, 3.63) is 59.0 Å². The van der Waals surface area contributed by atoms with E-state index < -0.39 is 0 Å². The first-order chi connectivity index (χ1) is 12.2. The van der Waals surface area contributed by atoms with Crippen LogP contribution in [0.1, 0.15) is 36.6 Å². The van der Waals surface area contributed by atoms with Crippen LogP contribution in [0.4, 0.5) is 0 Å². The summed E-state index contributed by atoms with van der Waals surface area (Å²) in [5.41, 5.74) is 1.79. The lowest BCUT2D eigenvalue weighted by molar-refractivity contribution is -0.134. The summed E-state index contributed by atoms with van der Waals surface area (Å²) in [6.45, 7) is 2.37. The average molecular weight is 358 g/mol. The number of likely N-dealkylation sites (tertiary alicyclic amines) is 1. The molecule has 25 heavy (non-hydrogen) atoms. The summed E-state index contributed by atoms with van der Waals surface area (Å²) in [7, 11) is 0. The van der Waals surface area contributed by atoms with E-state index in [2.05, 4.69) is 10.0 Å². The van der Waals surface area contributed by atoms with Crippen molar-refractivity contribution in [1.82, 2.24) is 9.91 Å². The summed E-state index contributed by atoms with van der Waals surface area (Å²) in [4.78, 5) is 15.1. The Hall–Kier alpha value is -2.11. The van der Waals surface area contributed by atoms with Gasteiger partial charge in [0, 0.05) is 11.4 Å². The maximum atomic E-state index is 12.9. The zero-order valence-electron chi connectivity index (χ0n) is 13.9. The zero-order valence-corrected chi connectivity index (χ0v) is 14.7. The summed E-state index contributed by atoms with van der Waals surface area (Å²) >= 11 is 6.16. The highest BCUT2D eigenvalue weighted by molar-refractivity contribution is 6.30. The summed E-state index contributed by atoms with van der Waals surface area (Å²) in [5, 5.41) is 6.87. The molecule has 5 nitrogen and oxygen atoms in total. The van der Waals surface area contributed by atoms with E-state index in [4.69, 9.17) is 16.0 Å². The molecule has 0 bridgehead atoms. The molecule has 1 aromatic carbocycles. The Balaban J connectivity index is 1.61. The van der Waals surface area contributed by atoms with Gasteiger partial charge in [0.05, 0.1) is 18.8 Å². The van der Waals surface area contributed by atoms with Gasteiger partial charge < -0.3 is 4.42 Å². The SMILES string of the molecule is O=C(CN1CCCC1)N1N=C(c2ccco2)C[C@H]1c1cccc(Cl)c1. The van der Waals surface area contributed by atoms with E-state index in [0.29, 0.717) is 23.7 Å². The first-order valence-corrected chi connectivity index (χ1v) is 9.00. The number of carbonyl (C=O) groups is 1. The van der Waals surface area contributed by atoms with Crippen LogP contribution in [-0.2, 0) is 4.79 Å². The smallest absolute Gasteiger partial charge is 0.257 e. The average Bonchev–Trinajstić information content (AvgIpc) is 3.35. The van der Waals surface area contributed by atoms with Gasteiger partial charge in [-0.1, -0.05) is 23.7 Å². The van der Waals surface area contributed by atoms with Crippen molar-refractivity contribution in [2.24, 2.45) is 5.10 Å². The lowest BCUT2D eigenvalue weighted by Gasteiger charge is -2.24. The Morgan fingerprint density at radius 1 is 1.24 bits per heavy atom. The monoisotopic (exact) mass is 357 g/mol. The van der Waals surface area contributed by atoms with Gasteiger partial charge in [-0.15, -0.1) is 0 Å². The van der Waals surface area contributed by atoms with Crippen molar-refractivity contribution in [3.8, 4) is 0 Å². The molecule has 1 saturated heterocycles. The summed E-state index contributed by atoms with van der Waals surface area (Å²) in [5.74, 6) is 0.733. The van der Waals surface area contributed by atoms with E-state index in [-0.39, 0.29) is 11.9 Å². The van der Waals surface area contributed by atoms with Gasteiger partial charge >= 0.3 is 0 Å². The Labute approximate surface area is 151 Å². The lowest BCUT2D eigenvalue weighted by Crippen LogP contribution is -2.36. The number of hydrogen-bond acceptors (Lipinski definition) is 4. The number of nitrogens with zero attached hydrogens (tertiary/aromatic N) is 3. The highest BCUT2D eigenvalue weighted by Gasteiger charge is 2.34. The number of furan rings is 1. The van der Waals surface area contributed by atoms with Gasteiger partial charge in [0.1, 0.15) is 11.5 Å². The molecule has 0 N–H and O–H groups in total. The predicted octanol–water partition coefficient (Wildman–Crippen LogP) is 3.71. The summed E-state index contributed by atoms with van der Waals surface area (Å²) in [6.07, 6.45) is 4.57. The molecule has 2 aliphatic rings. The fraction of sp³-hybridized carbons (Fsp3) is 0.368. The van der Waals surface area contributed by atoms with Crippen LogP contribution < -0.4 is 0 Å². The first kappa shape index (κ1) is 16.4. The van der Waals surface area contributed by atoms with Crippen LogP contribution in [0.5, 0.6) is 0 Å². The molecule has 1 fully saturated rings. The molecule has 0 saturated carbocycles. The van der Waals surface area contributed by atoms with Crippen molar-refractivity contribution in [2.75, 3.05) is 19.6 Å². The minimum atomic E-state index is -0.145. The summed E-state index contributed by atoms with van der Waals surface area (Å²) < 4.78 is 5.48. The molecular formula is C19H20ClN3O2. The second kappa shape index (κ2) is 7.02. The Kier molecular flexibility index (Phi) is 4.59. The van der Waals surface area contributed by atoms with Crippen LogP contribution in [0.3, 0.4) is 0 Å². The Morgan fingerprint density at radius 2 is 2.08 bits per heavy atom. The van der Waals surface area contributed by atoms with E-state index >= 15 is 0 Å². The molecule has 3 heterocycles. The number of rotatable bonds is 4. The molecular weight excluding hydrogens is 338 g/mol. The van der Waals surface area contributed by atoms with Crippen molar-refractivity contribution >= 4 is 23.2 Å². The number of benzene rings is 1. The number of hydrazone groups is 1. The largest absolute Gasteiger partial charge is 0.463 e. The van der Waals surface area contributed by atoms with E-state index in [1.165, 1.54) is 0 Å². The van der Waals surface area contributed by atoms with Gasteiger partial charge in [-0.3, -0.25) is 9.69 Å². The number of amides is 1. The fourth-order valence-corrected chi connectivity index (χ4v) is 3.71. The molecule has 6 heteroatoms. The van der Waals surface area contributed by atoms with Crippen LogP contribution in [-0.4, -0.2) is 41.2 Å². The van der Waals surface area contributed by atoms with Gasteiger partial charge in [-0.05, 0) is 55.8 Å². The van der Waals surface area contributed by atoms with Crippen LogP contribution in [0.15, 0.2) is 52.2 Å². The third-order valence-electron chi connectivity index (χ3n) is 4.76. The molecule has 0 unspecified atom stereocenters. The number of hydrogen-bond donors (Lipinski definition) is 0. The van der Waals surface area contributed by atoms with E-state index in [9.17, 15) is 4.79 Å². The van der Waals surface area contributed by atoms with Crippen molar-refractivity contribution in [1.29, 1.82) is 0 Å². The predicted molar refractivity (Wildman–Crippen MR) is 96.6 cm³/mol. The van der Waals surface area contributed by atoms with Gasteiger partial charge in [-0.25, -0.2) is 5.01 Å². The van der Waals surface area contributed by atoms with Crippen LogP contribution in [0.25, 0.3) is 0 Å². The molecule has 0 spiro atoms. The topological polar surface area (TPSA) is 49.1 Å². The molecule has 1 aromatic heterocycles. The van der Waals surface area contributed by atoms with Gasteiger partial charge in [0.15, 0.2) is 0 Å². The number of halogens is 1. The molecule has 130 valence electrons. The maximum absolute atomic E-state index is 12.9. The van der Waals surface area contributed by atoms with Crippen LogP contribution >= 0.6 is 11.6 Å². The van der Waals surface area contributed by atoms with Crippen LogP contribution in [0.2, 0.25) is 5.02 Å². The molecule has 2 aliphatic heterocycles. The maximum Gasteiger partial charge on any atom is 0.257 e. The quantitative estimate of drug-likeness (QED) is 0.838. The number of carbonyl (C=O) groups excluding carboxylic acids is 1. The third-order valence-corrected chi connectivity index (χ3v) is 5.00. The van der Waals surface area contributed by atoms with E-state index in [1.54, 1.807) is 11.3 Å². The first-order valence-electron chi connectivity index (χ1n) is 8.62. The summed E-state index contributed by atoms with van der Waals surface area (Å²) in [6, 6.07) is 11.2. The van der Waals surface area contributed by atoms with Crippen molar-refractivity contribution in [2.45, 2.75) is 25.3 Å². The normalized spacial score (nSPS) is 20.9. The standard InChI is InChI=1S/C19H20ClN3O2/c20-15-6-3-5-14(11-15)17-12-16(18-7-4-10-25-18)21-23(17)19(24)13-22-8-1-2-9-22/h3-7,10-11,17H,1-2,8-9,12-13H2/t17-/m0/s1. The van der Waals surface area contributed by atoms with Gasteiger partial charge in [0.25, 0.3) is 5.91 Å². The fourth-order valence-electron chi connectivity index (χ4n) is 3.51. The van der Waals surface area contributed by atoms with Gasteiger partial charge in [-0.2, -0.15) is 5.10 Å². The van der Waals surface area contributed by atoms with Gasteiger partial charge in [0.2, 0.25) is 0 Å². The molecule has 2 aromatic rings. The minimum Gasteiger partial charge on any atom is -0.463 e. The third kappa shape index (κ3) is 3.48. The Morgan fingerprint density at radius 3 is 2.80 bits per heavy atom. The zero-order chi connectivity index (χ0) is 17.2. The van der Waals surface area contributed by atoms with E-state index in [0.717, 1.165) is 37.2 Å². The van der Waals surface area contributed by atoms with Crippen molar-refractivity contribution < 1.29 is 9.21 Å². The Bertz CT molecular complexity index is 782. The van der Waals surface area contributed by atoms with Crippen molar-refractivity contribution in [3.63, 3.8) is 0 Å². The second-order valence-electron chi connectivity index (χ2n) is 6.52. The molecule has 0 aliphatic carbocycles. The molecule has 4 rings (SSSR count). The lowest BCUT2D eigenvalue weighted by atomic mass is 10.0. The molecule has 0 radical (unpaired) electrons. The highest BCUT2D eigenvalue weighted by atomic mass is 35.5.